The zero-order chi connectivity index (χ0) is 23.2. The van der Waals surface area contributed by atoms with Gasteiger partial charge in [0.1, 0.15) is 0 Å². The van der Waals surface area contributed by atoms with Crippen LogP contribution in [0.4, 0.5) is 17.6 Å². The fourth-order valence-electron chi connectivity index (χ4n) is 3.51. The minimum absolute atomic E-state index is 0.00406. The first-order valence-electron chi connectivity index (χ1n) is 9.37. The van der Waals surface area contributed by atoms with E-state index in [4.69, 9.17) is 4.74 Å². The number of aromatic nitrogens is 1. The number of aromatic hydroxyl groups is 1. The van der Waals surface area contributed by atoms with E-state index in [-0.39, 0.29) is 27.7 Å². The average molecular weight is 437 g/mol. The van der Waals surface area contributed by atoms with Crippen LogP contribution in [0.2, 0.25) is 0 Å². The number of halogens is 4. The highest BCUT2D eigenvalue weighted by molar-refractivity contribution is 6.05. The minimum atomic E-state index is -1.35. The molecule has 0 spiro atoms. The highest BCUT2D eigenvalue weighted by Gasteiger charge is 2.31. The smallest absolute Gasteiger partial charge is 0.313 e. The molecule has 1 N–H and O–H groups in total. The molecule has 0 fully saturated rings. The van der Waals surface area contributed by atoms with Crippen LogP contribution in [0.5, 0.6) is 5.75 Å². The maximum absolute atomic E-state index is 14.9. The van der Waals surface area contributed by atoms with Gasteiger partial charge >= 0.3 is 5.97 Å². The highest BCUT2D eigenvalue weighted by atomic mass is 19.2. The van der Waals surface area contributed by atoms with E-state index in [0.717, 1.165) is 22.8 Å². The number of carbonyl (C=O) groups excluding carboxylic acids is 2. The van der Waals surface area contributed by atoms with Crippen LogP contribution in [0.1, 0.15) is 48.3 Å². The summed E-state index contributed by atoms with van der Waals surface area (Å²) in [7, 11) is 0. The fourth-order valence-corrected chi connectivity index (χ4v) is 3.51. The molecule has 1 aromatic heterocycles. The van der Waals surface area contributed by atoms with E-state index < -0.39 is 52.9 Å². The first-order chi connectivity index (χ1) is 14.5. The molecule has 0 radical (unpaired) electrons. The van der Waals surface area contributed by atoms with Crippen molar-refractivity contribution in [3.63, 3.8) is 0 Å². The van der Waals surface area contributed by atoms with Gasteiger partial charge in [-0.1, -0.05) is 0 Å². The van der Waals surface area contributed by atoms with Gasteiger partial charge in [-0.3, -0.25) is 14.2 Å². The summed E-state index contributed by atoms with van der Waals surface area (Å²) in [6.07, 6.45) is -0.469. The second-order valence-corrected chi connectivity index (χ2v) is 7.39. The van der Waals surface area contributed by atoms with Gasteiger partial charge < -0.3 is 9.84 Å². The summed E-state index contributed by atoms with van der Waals surface area (Å²) < 4.78 is 62.0. The van der Waals surface area contributed by atoms with Crippen molar-refractivity contribution in [3.05, 3.63) is 64.4 Å². The topological polar surface area (TPSA) is 68.5 Å². The van der Waals surface area contributed by atoms with Crippen LogP contribution in [0, 0.1) is 30.2 Å². The van der Waals surface area contributed by atoms with E-state index in [1.165, 1.54) is 13.8 Å². The maximum Gasteiger partial charge on any atom is 0.313 e. The molecule has 0 aliphatic heterocycles. The molecule has 0 bridgehead atoms. The number of ether oxygens (including phenoxy) is 1. The van der Waals surface area contributed by atoms with E-state index in [1.807, 2.05) is 0 Å². The lowest BCUT2D eigenvalue weighted by Gasteiger charge is -2.15. The molecule has 3 aromatic rings. The lowest BCUT2D eigenvalue weighted by Crippen LogP contribution is -2.19. The molecular formula is C22H19F4NO4. The van der Waals surface area contributed by atoms with Crippen LogP contribution < -0.4 is 0 Å². The molecule has 0 unspecified atom stereocenters. The number of esters is 1. The van der Waals surface area contributed by atoms with Gasteiger partial charge in [0.05, 0.1) is 17.5 Å². The third kappa shape index (κ3) is 3.75. The number of hydrogen-bond donors (Lipinski definition) is 1. The molecule has 9 heteroatoms. The Hall–Kier alpha value is -3.36. The maximum atomic E-state index is 14.9. The Morgan fingerprint density at radius 2 is 1.65 bits per heavy atom. The van der Waals surface area contributed by atoms with E-state index in [2.05, 4.69) is 0 Å². The Balaban J connectivity index is 2.32. The second-order valence-electron chi connectivity index (χ2n) is 7.39. The summed E-state index contributed by atoms with van der Waals surface area (Å²) in [6, 6.07) is 3.17. The number of carbonyl (C=O) groups is 2. The number of rotatable bonds is 4. The van der Waals surface area contributed by atoms with Gasteiger partial charge in [-0.15, -0.1) is 0 Å². The zero-order valence-electron chi connectivity index (χ0n) is 17.1. The SMILES string of the molecule is Cc1c([C@@H](C)C(=O)OC(C)C)c2c(F)c(O)c(F)cc2n1C(=O)c1ccc(F)c(F)c1. The number of phenolic OH excluding ortho intramolecular Hbond substituents is 1. The zero-order valence-corrected chi connectivity index (χ0v) is 17.1. The highest BCUT2D eigenvalue weighted by Crippen LogP contribution is 2.39. The first kappa shape index (κ1) is 22.3. The summed E-state index contributed by atoms with van der Waals surface area (Å²) in [6.45, 7) is 6.05. The molecule has 31 heavy (non-hydrogen) atoms. The number of fused-ring (bicyclic) bond motifs is 1. The predicted octanol–water partition coefficient (Wildman–Crippen LogP) is 4.96. The quantitative estimate of drug-likeness (QED) is 0.463. The number of phenols is 1. The van der Waals surface area contributed by atoms with Crippen molar-refractivity contribution in [1.82, 2.24) is 4.57 Å². The van der Waals surface area contributed by atoms with Crippen LogP contribution in [0.25, 0.3) is 10.9 Å². The summed E-state index contributed by atoms with van der Waals surface area (Å²) >= 11 is 0. The van der Waals surface area contributed by atoms with Crippen molar-refractivity contribution >= 4 is 22.8 Å². The standard InChI is InChI=1S/C22H19F4NO4/c1-9(2)31-22(30)10(3)17-11(4)27(16-8-15(25)20(28)19(26)18(16)17)21(29)12-5-6-13(23)14(24)7-12/h5-10,28H,1-4H3/t10-/m1/s1. The molecule has 164 valence electrons. The largest absolute Gasteiger partial charge is 0.503 e. The Morgan fingerprint density at radius 3 is 2.23 bits per heavy atom. The van der Waals surface area contributed by atoms with Crippen LogP contribution in [0.3, 0.4) is 0 Å². The minimum Gasteiger partial charge on any atom is -0.503 e. The fraction of sp³-hybridized carbons (Fsp3) is 0.273. The Bertz CT molecular complexity index is 1220. The van der Waals surface area contributed by atoms with Crippen LogP contribution >= 0.6 is 0 Å². The van der Waals surface area contributed by atoms with Gasteiger partial charge in [0.2, 0.25) is 0 Å². The van der Waals surface area contributed by atoms with E-state index in [1.54, 1.807) is 13.8 Å². The number of hydrogen-bond acceptors (Lipinski definition) is 4. The van der Waals surface area contributed by atoms with Gasteiger partial charge in [-0.2, -0.15) is 0 Å². The normalized spacial score (nSPS) is 12.4. The molecule has 0 saturated heterocycles. The van der Waals surface area contributed by atoms with Gasteiger partial charge in [-0.25, -0.2) is 17.6 Å². The first-order valence-corrected chi connectivity index (χ1v) is 9.37. The Kier molecular flexibility index (Phi) is 5.80. The molecular weight excluding hydrogens is 418 g/mol. The Morgan fingerprint density at radius 1 is 1.00 bits per heavy atom. The van der Waals surface area contributed by atoms with Crippen molar-refractivity contribution in [2.45, 2.75) is 39.7 Å². The molecule has 5 nitrogen and oxygen atoms in total. The van der Waals surface area contributed by atoms with Crippen molar-refractivity contribution in [2.24, 2.45) is 0 Å². The molecule has 3 rings (SSSR count). The summed E-state index contributed by atoms with van der Waals surface area (Å²) in [5.74, 6) is -9.09. The molecule has 2 aromatic carbocycles. The lowest BCUT2D eigenvalue weighted by molar-refractivity contribution is -0.148. The van der Waals surface area contributed by atoms with Crippen molar-refractivity contribution in [2.75, 3.05) is 0 Å². The molecule has 0 saturated carbocycles. The van der Waals surface area contributed by atoms with Gasteiger partial charge in [-0.05, 0) is 51.5 Å². The number of benzene rings is 2. The van der Waals surface area contributed by atoms with Crippen molar-refractivity contribution < 1.29 is 37.0 Å². The van der Waals surface area contributed by atoms with Crippen molar-refractivity contribution in [1.29, 1.82) is 0 Å². The number of nitrogens with zero attached hydrogens (tertiary/aromatic N) is 1. The van der Waals surface area contributed by atoms with Gasteiger partial charge in [0.25, 0.3) is 5.91 Å². The van der Waals surface area contributed by atoms with Crippen LogP contribution in [-0.2, 0) is 9.53 Å². The molecule has 0 amide bonds. The molecule has 0 aliphatic carbocycles. The Labute approximate surface area is 174 Å². The summed E-state index contributed by atoms with van der Waals surface area (Å²) in [4.78, 5) is 25.6. The lowest BCUT2D eigenvalue weighted by atomic mass is 9.97. The average Bonchev–Trinajstić information content (AvgIpc) is 2.98. The molecule has 1 atom stereocenters. The molecule has 1 heterocycles. The van der Waals surface area contributed by atoms with Gasteiger partial charge in [0, 0.05) is 22.7 Å². The predicted molar refractivity (Wildman–Crippen MR) is 104 cm³/mol. The summed E-state index contributed by atoms with van der Waals surface area (Å²) in [5.41, 5.74) is -0.498. The van der Waals surface area contributed by atoms with E-state index in [0.29, 0.717) is 6.07 Å². The second kappa shape index (κ2) is 8.05. The van der Waals surface area contributed by atoms with Gasteiger partial charge in [0.15, 0.2) is 29.0 Å². The van der Waals surface area contributed by atoms with E-state index in [9.17, 15) is 32.3 Å². The summed E-state index contributed by atoms with van der Waals surface area (Å²) in [5, 5.41) is 9.42. The third-order valence-electron chi connectivity index (χ3n) is 4.92. The molecule has 0 aliphatic rings. The van der Waals surface area contributed by atoms with Crippen molar-refractivity contribution in [3.8, 4) is 5.75 Å². The monoisotopic (exact) mass is 437 g/mol. The third-order valence-corrected chi connectivity index (χ3v) is 4.92. The van der Waals surface area contributed by atoms with Crippen LogP contribution in [-0.4, -0.2) is 27.7 Å². The van der Waals surface area contributed by atoms with Crippen LogP contribution in [0.15, 0.2) is 24.3 Å². The van der Waals surface area contributed by atoms with E-state index >= 15 is 0 Å².